The van der Waals surface area contributed by atoms with E-state index in [9.17, 15) is 4.79 Å². The maximum absolute atomic E-state index is 12.6. The molecule has 3 aromatic rings. The number of anilines is 1. The van der Waals surface area contributed by atoms with Crippen LogP contribution in [0.1, 0.15) is 18.3 Å². The Balaban J connectivity index is 1.76. The number of nitrogens with zero attached hydrogens (tertiary/aromatic N) is 5. The lowest BCUT2D eigenvalue weighted by molar-refractivity contribution is -0.115. The minimum absolute atomic E-state index is 0.165. The van der Waals surface area contributed by atoms with Crippen LogP contribution in [0.15, 0.2) is 29.4 Å². The lowest BCUT2D eigenvalue weighted by atomic mass is 10.2. The molecule has 3 rings (SSSR count). The summed E-state index contributed by atoms with van der Waals surface area (Å²) in [6.45, 7) is 5.54. The molecule has 2 heterocycles. The molecule has 10 heteroatoms. The maximum atomic E-state index is 12.6. The topological polar surface area (TPSA) is 104 Å². The second-order valence-electron chi connectivity index (χ2n) is 6.07. The number of nitrogens with two attached hydrogens (primary N) is 1. The summed E-state index contributed by atoms with van der Waals surface area (Å²) in [6, 6.07) is 7.24. The molecule has 8 nitrogen and oxygen atoms in total. The van der Waals surface area contributed by atoms with E-state index in [2.05, 4.69) is 20.6 Å². The third-order valence-electron chi connectivity index (χ3n) is 4.19. The van der Waals surface area contributed by atoms with E-state index < -0.39 is 5.25 Å². The Morgan fingerprint density at radius 2 is 2.00 bits per heavy atom. The molecule has 2 aromatic heterocycles. The largest absolute Gasteiger partial charge is 0.335 e. The van der Waals surface area contributed by atoms with Crippen LogP contribution in [0.4, 0.5) is 5.69 Å². The number of aromatic nitrogens is 5. The van der Waals surface area contributed by atoms with Crippen molar-refractivity contribution >= 4 is 35.0 Å². The minimum atomic E-state index is -0.436. The van der Waals surface area contributed by atoms with Crippen LogP contribution < -0.4 is 11.2 Å². The van der Waals surface area contributed by atoms with Gasteiger partial charge in [-0.3, -0.25) is 9.48 Å². The van der Waals surface area contributed by atoms with Gasteiger partial charge in [0.05, 0.1) is 27.3 Å². The number of carbonyl (C=O) groups is 1. The quantitative estimate of drug-likeness (QED) is 0.499. The molecule has 1 aromatic carbocycles. The van der Waals surface area contributed by atoms with E-state index in [0.29, 0.717) is 21.6 Å². The van der Waals surface area contributed by atoms with Gasteiger partial charge in [-0.15, -0.1) is 10.2 Å². The molecule has 0 aliphatic rings. The average molecular weight is 406 g/mol. The van der Waals surface area contributed by atoms with Crippen LogP contribution in [-0.4, -0.2) is 35.8 Å². The second kappa shape index (κ2) is 7.61. The summed E-state index contributed by atoms with van der Waals surface area (Å²) in [5.74, 6) is 6.40. The number of aryl methyl sites for hydroxylation is 2. The van der Waals surface area contributed by atoms with Crippen LogP contribution in [0.3, 0.4) is 0 Å². The normalized spacial score (nSPS) is 12.2. The predicted octanol–water partition coefficient (Wildman–Crippen LogP) is 2.78. The van der Waals surface area contributed by atoms with Crippen molar-refractivity contribution in [3.63, 3.8) is 0 Å². The van der Waals surface area contributed by atoms with Gasteiger partial charge in [-0.2, -0.15) is 5.10 Å². The van der Waals surface area contributed by atoms with Gasteiger partial charge >= 0.3 is 0 Å². The van der Waals surface area contributed by atoms with Crippen molar-refractivity contribution in [1.29, 1.82) is 0 Å². The minimum Gasteiger partial charge on any atom is -0.335 e. The van der Waals surface area contributed by atoms with Gasteiger partial charge in [0.2, 0.25) is 11.1 Å². The summed E-state index contributed by atoms with van der Waals surface area (Å²) in [5.41, 5.74) is 3.06. The fraction of sp³-hybridized carbons (Fsp3) is 0.294. The van der Waals surface area contributed by atoms with Gasteiger partial charge in [-0.25, -0.2) is 4.68 Å². The third kappa shape index (κ3) is 3.79. The third-order valence-corrected chi connectivity index (χ3v) is 5.57. The molecular weight excluding hydrogens is 386 g/mol. The van der Waals surface area contributed by atoms with E-state index in [4.69, 9.17) is 17.4 Å². The zero-order chi connectivity index (χ0) is 19.7. The van der Waals surface area contributed by atoms with E-state index in [0.717, 1.165) is 17.1 Å². The summed E-state index contributed by atoms with van der Waals surface area (Å²) >= 11 is 7.42. The molecule has 3 N–H and O–H groups in total. The zero-order valence-corrected chi connectivity index (χ0v) is 17.0. The van der Waals surface area contributed by atoms with E-state index in [1.165, 1.54) is 16.4 Å². The van der Waals surface area contributed by atoms with Gasteiger partial charge in [-0.05, 0) is 32.9 Å². The first-order chi connectivity index (χ1) is 12.8. The first-order valence-corrected chi connectivity index (χ1v) is 9.48. The van der Waals surface area contributed by atoms with Crippen molar-refractivity contribution in [3.8, 4) is 11.4 Å². The van der Waals surface area contributed by atoms with Gasteiger partial charge in [0, 0.05) is 12.6 Å². The van der Waals surface area contributed by atoms with Gasteiger partial charge < -0.3 is 11.2 Å². The molecule has 1 amide bonds. The number of benzene rings is 1. The van der Waals surface area contributed by atoms with Crippen molar-refractivity contribution in [3.05, 3.63) is 40.7 Å². The number of amides is 1. The molecule has 0 fully saturated rings. The number of hydrogen-bond donors (Lipinski definition) is 2. The molecule has 0 unspecified atom stereocenters. The second-order valence-corrected chi connectivity index (χ2v) is 7.79. The number of hydrogen-bond acceptors (Lipinski definition) is 6. The van der Waals surface area contributed by atoms with Crippen LogP contribution in [-0.2, 0) is 11.8 Å². The highest BCUT2D eigenvalue weighted by Crippen LogP contribution is 2.29. The summed E-state index contributed by atoms with van der Waals surface area (Å²) in [6.07, 6.45) is 0. The van der Waals surface area contributed by atoms with Gasteiger partial charge in [0.25, 0.3) is 0 Å². The SMILES string of the molecule is Cc1nn(C)c(C)c1NC(=O)[C@H](C)Sc1nnc(-c2ccccc2Cl)n1N. The molecule has 0 aliphatic heterocycles. The molecule has 0 saturated carbocycles. The molecule has 27 heavy (non-hydrogen) atoms. The standard InChI is InChI=1S/C17H20ClN7OS/c1-9-14(10(2)24(4)23-9)20-16(26)11(3)27-17-22-21-15(25(17)19)12-7-5-6-8-13(12)18/h5-8,11H,19H2,1-4H3,(H,20,26)/t11-/m0/s1. The number of halogens is 1. The van der Waals surface area contributed by atoms with E-state index >= 15 is 0 Å². The number of rotatable bonds is 5. The molecule has 0 saturated heterocycles. The van der Waals surface area contributed by atoms with Crippen molar-refractivity contribution in [2.45, 2.75) is 31.2 Å². The highest BCUT2D eigenvalue weighted by Gasteiger charge is 2.22. The monoisotopic (exact) mass is 405 g/mol. The molecule has 1 atom stereocenters. The van der Waals surface area contributed by atoms with Crippen molar-refractivity contribution < 1.29 is 4.79 Å². The number of thioether (sulfide) groups is 1. The Hall–Kier alpha value is -2.52. The number of nitrogens with one attached hydrogen (secondary N) is 1. The number of carbonyl (C=O) groups excluding carboxylic acids is 1. The fourth-order valence-corrected chi connectivity index (χ4v) is 3.57. The average Bonchev–Trinajstić information content (AvgIpc) is 3.10. The zero-order valence-electron chi connectivity index (χ0n) is 15.4. The van der Waals surface area contributed by atoms with Gasteiger partial charge in [0.1, 0.15) is 0 Å². The van der Waals surface area contributed by atoms with Crippen LogP contribution in [0.2, 0.25) is 5.02 Å². The van der Waals surface area contributed by atoms with Crippen LogP contribution in [0.25, 0.3) is 11.4 Å². The fourth-order valence-electron chi connectivity index (χ4n) is 2.57. The molecule has 0 aliphatic carbocycles. The molecule has 0 radical (unpaired) electrons. The van der Waals surface area contributed by atoms with Crippen LogP contribution >= 0.6 is 23.4 Å². The van der Waals surface area contributed by atoms with Crippen molar-refractivity contribution in [2.75, 3.05) is 11.2 Å². The Bertz CT molecular complexity index is 997. The van der Waals surface area contributed by atoms with Gasteiger partial charge in [-0.1, -0.05) is 35.5 Å². The smallest absolute Gasteiger partial charge is 0.237 e. The Morgan fingerprint density at radius 1 is 1.30 bits per heavy atom. The summed E-state index contributed by atoms with van der Waals surface area (Å²) in [7, 11) is 1.84. The first-order valence-electron chi connectivity index (χ1n) is 8.22. The van der Waals surface area contributed by atoms with Crippen LogP contribution in [0.5, 0.6) is 0 Å². The van der Waals surface area contributed by atoms with Crippen molar-refractivity contribution in [2.24, 2.45) is 7.05 Å². The summed E-state index contributed by atoms with van der Waals surface area (Å²) in [5, 5.41) is 16.0. The van der Waals surface area contributed by atoms with Crippen molar-refractivity contribution in [1.82, 2.24) is 24.7 Å². The number of nitrogen functional groups attached to an aromatic ring is 1. The van der Waals surface area contributed by atoms with E-state index in [-0.39, 0.29) is 5.91 Å². The highest BCUT2D eigenvalue weighted by atomic mass is 35.5. The predicted molar refractivity (Wildman–Crippen MR) is 107 cm³/mol. The highest BCUT2D eigenvalue weighted by molar-refractivity contribution is 8.00. The van der Waals surface area contributed by atoms with E-state index in [1.54, 1.807) is 17.7 Å². The first kappa shape index (κ1) is 19.2. The lowest BCUT2D eigenvalue weighted by Crippen LogP contribution is -2.24. The molecule has 0 spiro atoms. The maximum Gasteiger partial charge on any atom is 0.237 e. The van der Waals surface area contributed by atoms with Gasteiger partial charge in [0.15, 0.2) is 5.82 Å². The lowest BCUT2D eigenvalue weighted by Gasteiger charge is -2.12. The summed E-state index contributed by atoms with van der Waals surface area (Å²) < 4.78 is 3.07. The van der Waals surface area contributed by atoms with Crippen LogP contribution in [0, 0.1) is 13.8 Å². The molecular formula is C17H20ClN7OS. The Labute approximate surface area is 166 Å². The molecule has 142 valence electrons. The summed E-state index contributed by atoms with van der Waals surface area (Å²) in [4.78, 5) is 12.6. The molecule has 0 bridgehead atoms. The Morgan fingerprint density at radius 3 is 2.63 bits per heavy atom. The Kier molecular flexibility index (Phi) is 5.43. The van der Waals surface area contributed by atoms with E-state index in [1.807, 2.05) is 39.1 Å².